The van der Waals surface area contributed by atoms with Gasteiger partial charge < -0.3 is 0 Å². The van der Waals surface area contributed by atoms with Gasteiger partial charge in [0, 0.05) is 8.80 Å². The summed E-state index contributed by atoms with van der Waals surface area (Å²) in [4.78, 5) is 0. The van der Waals surface area contributed by atoms with Crippen LogP contribution in [0.5, 0.6) is 0 Å². The van der Waals surface area contributed by atoms with Crippen LogP contribution in [-0.4, -0.2) is 49.8 Å². The molecule has 0 spiro atoms. The SMILES string of the molecule is C[Si](C)(C)/N=[C](/[Ge]/[C](=N/[Si](C)(C)C)c1ccccc1)c1ccccc1.C[Si](C)C. The minimum absolute atomic E-state index is 0.120. The van der Waals surface area contributed by atoms with Crippen LogP contribution in [0.4, 0.5) is 0 Å². The summed E-state index contributed by atoms with van der Waals surface area (Å²) < 4.78 is 13.0. The molecule has 0 saturated carbocycles. The molecule has 0 N–H and O–H groups in total. The van der Waals surface area contributed by atoms with Crippen LogP contribution in [0.1, 0.15) is 11.1 Å². The Bertz CT molecular complexity index is 722. The van der Waals surface area contributed by atoms with Crippen molar-refractivity contribution in [3.8, 4) is 0 Å². The van der Waals surface area contributed by atoms with E-state index in [1.54, 1.807) is 0 Å². The minimum atomic E-state index is -1.55. The van der Waals surface area contributed by atoms with Gasteiger partial charge in [0.15, 0.2) is 0 Å². The fourth-order valence-corrected chi connectivity index (χ4v) is 10.7. The van der Waals surface area contributed by atoms with Gasteiger partial charge in [0.2, 0.25) is 0 Å². The summed E-state index contributed by atoms with van der Waals surface area (Å²) in [5, 5.41) is 0. The third-order valence-corrected chi connectivity index (χ3v) is 8.63. The van der Waals surface area contributed by atoms with Crippen LogP contribution >= 0.6 is 0 Å². The number of nitrogens with zero attached hydrogens (tertiary/aromatic N) is 2. The zero-order valence-electron chi connectivity index (χ0n) is 19.7. The Morgan fingerprint density at radius 1 is 0.621 bits per heavy atom. The summed E-state index contributed by atoms with van der Waals surface area (Å²) in [5.41, 5.74) is 2.54. The average molecular weight is 498 g/mol. The van der Waals surface area contributed by atoms with Crippen molar-refractivity contribution in [3.05, 3.63) is 71.8 Å². The van der Waals surface area contributed by atoms with Crippen LogP contribution < -0.4 is 0 Å². The number of rotatable bonds is 6. The van der Waals surface area contributed by atoms with E-state index in [0.29, 0.717) is 0 Å². The Hall–Kier alpha value is -1.03. The monoisotopic (exact) mass is 499 g/mol. The van der Waals surface area contributed by atoms with Crippen LogP contribution in [0.15, 0.2) is 70.0 Å². The zero-order chi connectivity index (χ0) is 22.1. The molecule has 0 aliphatic rings. The molecule has 3 radical (unpaired) electrons. The molecule has 2 aromatic carbocycles. The van der Waals surface area contributed by atoms with Gasteiger partial charge in [0.05, 0.1) is 0 Å². The molecule has 0 atom stereocenters. The second-order valence-electron chi connectivity index (χ2n) is 9.62. The minimum Gasteiger partial charge on any atom is -0.0715 e. The first-order chi connectivity index (χ1) is 13.4. The standard InChI is InChI=1S/C20H28GeN2Si2.C3H9Si/c1-24(2,3)22-19(17-13-9-7-10-14-17)21-20(23-25(4,5)6)18-15-11-8-12-16-18;1-4(2)3/h7-16H,1-6H3;1-3H3/b22-19+,23-20+;. The molecule has 0 aliphatic heterocycles. The summed E-state index contributed by atoms with van der Waals surface area (Å²) in [6, 6.07) is 21.4. The molecule has 0 saturated heterocycles. The maximum Gasteiger partial charge on any atom is 0.0379 e. The normalized spacial score (nSPS) is 13.2. The van der Waals surface area contributed by atoms with Gasteiger partial charge in [-0.05, 0) is 0 Å². The van der Waals surface area contributed by atoms with Gasteiger partial charge in [0.25, 0.3) is 0 Å². The van der Waals surface area contributed by atoms with Gasteiger partial charge in [-0.2, -0.15) is 0 Å². The molecular weight excluding hydrogens is 461 g/mol. The quantitative estimate of drug-likeness (QED) is 0.316. The largest absolute Gasteiger partial charge is 0.0715 e. The molecule has 2 aromatic rings. The Balaban J connectivity index is 0.000000960. The van der Waals surface area contributed by atoms with Crippen LogP contribution in [0, 0.1) is 0 Å². The van der Waals surface area contributed by atoms with E-state index in [-0.39, 0.29) is 8.80 Å². The van der Waals surface area contributed by atoms with Crippen LogP contribution in [0.2, 0.25) is 58.9 Å². The fraction of sp³-hybridized carbons (Fsp3) is 0.391. The number of hydrogen-bond acceptors (Lipinski definition) is 2. The molecule has 0 aromatic heterocycles. The maximum absolute atomic E-state index is 5.22. The molecule has 0 amide bonds. The molecule has 155 valence electrons. The first-order valence-electron chi connectivity index (χ1n) is 10.2. The third-order valence-electron chi connectivity index (χ3n) is 3.23. The Kier molecular flexibility index (Phi) is 10.7. The summed E-state index contributed by atoms with van der Waals surface area (Å²) in [6.07, 6.45) is 0. The van der Waals surface area contributed by atoms with E-state index in [1.165, 1.54) is 20.2 Å². The smallest absolute Gasteiger partial charge is 0.0379 e. The first-order valence-corrected chi connectivity index (χ1v) is 22.2. The third kappa shape index (κ3) is 12.3. The van der Waals surface area contributed by atoms with Crippen molar-refractivity contribution in [2.45, 2.75) is 58.9 Å². The molecule has 6 heteroatoms. The van der Waals surface area contributed by atoms with E-state index in [2.05, 4.69) is 120 Å². The molecule has 29 heavy (non-hydrogen) atoms. The summed E-state index contributed by atoms with van der Waals surface area (Å²) in [5.74, 6) is 0. The van der Waals surface area contributed by atoms with Crippen molar-refractivity contribution >= 4 is 49.8 Å². The predicted molar refractivity (Wildman–Crippen MR) is 142 cm³/mol. The second-order valence-corrected chi connectivity index (χ2v) is 24.3. The van der Waals surface area contributed by atoms with Crippen molar-refractivity contribution in [1.29, 1.82) is 0 Å². The van der Waals surface area contributed by atoms with Gasteiger partial charge in [-0.3, -0.25) is 0 Å². The second kappa shape index (κ2) is 12.0. The molecule has 0 fully saturated rings. The molecular formula is C23H37GeN2Si3. The van der Waals surface area contributed by atoms with E-state index in [0.717, 1.165) is 0 Å². The molecule has 2 nitrogen and oxygen atoms in total. The Morgan fingerprint density at radius 3 is 1.14 bits per heavy atom. The van der Waals surface area contributed by atoms with Gasteiger partial charge in [-0.15, -0.1) is 0 Å². The van der Waals surface area contributed by atoms with Gasteiger partial charge in [-0.25, -0.2) is 0 Å². The number of benzene rings is 2. The van der Waals surface area contributed by atoms with Crippen molar-refractivity contribution in [3.63, 3.8) is 0 Å². The van der Waals surface area contributed by atoms with Crippen LogP contribution in [0.25, 0.3) is 0 Å². The summed E-state index contributed by atoms with van der Waals surface area (Å²) >= 11 is -0.593. The van der Waals surface area contributed by atoms with E-state index in [1.807, 2.05) is 0 Å². The predicted octanol–water partition coefficient (Wildman–Crippen LogP) is 6.62. The molecule has 0 heterocycles. The van der Waals surface area contributed by atoms with Crippen molar-refractivity contribution < 1.29 is 0 Å². The van der Waals surface area contributed by atoms with Crippen LogP contribution in [0.3, 0.4) is 0 Å². The maximum atomic E-state index is 5.22. The van der Waals surface area contributed by atoms with Gasteiger partial charge in [0.1, 0.15) is 0 Å². The molecule has 0 aliphatic carbocycles. The van der Waals surface area contributed by atoms with E-state index >= 15 is 0 Å². The first kappa shape index (κ1) is 26.0. The van der Waals surface area contributed by atoms with E-state index in [4.69, 9.17) is 9.32 Å². The summed E-state index contributed by atoms with van der Waals surface area (Å²) in [6.45, 7) is 20.6. The number of hydrogen-bond donors (Lipinski definition) is 0. The van der Waals surface area contributed by atoms with Crippen molar-refractivity contribution in [1.82, 2.24) is 0 Å². The van der Waals surface area contributed by atoms with Crippen molar-refractivity contribution in [2.24, 2.45) is 9.32 Å². The van der Waals surface area contributed by atoms with E-state index in [9.17, 15) is 0 Å². The Labute approximate surface area is 189 Å². The molecule has 0 unspecified atom stereocenters. The van der Waals surface area contributed by atoms with Gasteiger partial charge >= 0.3 is 161 Å². The van der Waals surface area contributed by atoms with Gasteiger partial charge in [-0.1, -0.05) is 19.6 Å². The zero-order valence-corrected chi connectivity index (χ0v) is 24.8. The molecule has 0 bridgehead atoms. The fourth-order valence-electron chi connectivity index (χ4n) is 2.30. The Morgan fingerprint density at radius 2 is 0.897 bits per heavy atom. The van der Waals surface area contributed by atoms with Crippen LogP contribution in [-0.2, 0) is 0 Å². The average Bonchev–Trinajstić information content (AvgIpc) is 2.59. The molecule has 2 rings (SSSR count). The van der Waals surface area contributed by atoms with E-state index < -0.39 is 31.9 Å². The summed E-state index contributed by atoms with van der Waals surface area (Å²) in [7, 11) is -2.99. The topological polar surface area (TPSA) is 24.7 Å². The van der Waals surface area contributed by atoms with Crippen molar-refractivity contribution in [2.75, 3.05) is 0 Å².